The average molecular weight is 363 g/mol. The molecule has 26 heavy (non-hydrogen) atoms. The van der Waals surface area contributed by atoms with Crippen LogP contribution < -0.4 is 4.74 Å². The Morgan fingerprint density at radius 1 is 1.35 bits per heavy atom. The molecule has 144 valence electrons. The molecule has 0 aromatic heterocycles. The average Bonchev–Trinajstić information content (AvgIpc) is 3.14. The maximum atomic E-state index is 12.7. The summed E-state index contributed by atoms with van der Waals surface area (Å²) in [5.41, 5.74) is 2.14. The van der Waals surface area contributed by atoms with E-state index >= 15 is 0 Å². The van der Waals surface area contributed by atoms with Crippen molar-refractivity contribution in [3.8, 4) is 5.75 Å². The Labute approximate surface area is 155 Å². The second kappa shape index (κ2) is 9.57. The van der Waals surface area contributed by atoms with Crippen molar-refractivity contribution >= 4 is 11.9 Å². The van der Waals surface area contributed by atoms with E-state index in [1.165, 1.54) is 7.11 Å². The number of nitrogens with zero attached hydrogens (tertiary/aromatic N) is 1. The largest absolute Gasteiger partial charge is 0.483 e. The molecule has 0 saturated carbocycles. The van der Waals surface area contributed by atoms with Crippen LogP contribution in [0.25, 0.3) is 0 Å². The SMILES string of the molecule is COC(=O)C(C)CN(CC1CCCO1)C(=O)COc1cccc(C)c1C. The van der Waals surface area contributed by atoms with Crippen molar-refractivity contribution in [1.29, 1.82) is 0 Å². The van der Waals surface area contributed by atoms with Gasteiger partial charge in [-0.3, -0.25) is 9.59 Å². The van der Waals surface area contributed by atoms with E-state index in [4.69, 9.17) is 14.2 Å². The van der Waals surface area contributed by atoms with E-state index in [-0.39, 0.29) is 24.6 Å². The van der Waals surface area contributed by atoms with Gasteiger partial charge < -0.3 is 19.1 Å². The van der Waals surface area contributed by atoms with Gasteiger partial charge in [-0.05, 0) is 43.9 Å². The Bertz CT molecular complexity index is 625. The Morgan fingerprint density at radius 2 is 2.12 bits per heavy atom. The topological polar surface area (TPSA) is 65.1 Å². The first kappa shape index (κ1) is 20.2. The van der Waals surface area contributed by atoms with E-state index in [0.717, 1.165) is 30.6 Å². The van der Waals surface area contributed by atoms with Gasteiger partial charge in [0, 0.05) is 19.7 Å². The Hall–Kier alpha value is -2.08. The maximum absolute atomic E-state index is 12.7. The molecule has 2 unspecified atom stereocenters. The molecular formula is C20H29NO5. The number of carbonyl (C=O) groups excluding carboxylic acids is 2. The lowest BCUT2D eigenvalue weighted by Crippen LogP contribution is -2.43. The summed E-state index contributed by atoms with van der Waals surface area (Å²) in [6, 6.07) is 5.77. The predicted molar refractivity (Wildman–Crippen MR) is 98.1 cm³/mol. The van der Waals surface area contributed by atoms with Gasteiger partial charge >= 0.3 is 5.97 Å². The van der Waals surface area contributed by atoms with Gasteiger partial charge in [0.2, 0.25) is 0 Å². The molecule has 6 nitrogen and oxygen atoms in total. The summed E-state index contributed by atoms with van der Waals surface area (Å²) in [5.74, 6) is -0.176. The highest BCUT2D eigenvalue weighted by Gasteiger charge is 2.26. The van der Waals surface area contributed by atoms with Crippen molar-refractivity contribution < 1.29 is 23.8 Å². The fourth-order valence-electron chi connectivity index (χ4n) is 3.03. The second-order valence-corrected chi connectivity index (χ2v) is 6.84. The molecule has 1 fully saturated rings. The summed E-state index contributed by atoms with van der Waals surface area (Å²) in [6.45, 7) is 7.15. The third kappa shape index (κ3) is 5.46. The summed E-state index contributed by atoms with van der Waals surface area (Å²) >= 11 is 0. The van der Waals surface area contributed by atoms with Crippen molar-refractivity contribution in [3.05, 3.63) is 29.3 Å². The number of aryl methyl sites for hydroxylation is 1. The minimum atomic E-state index is -0.397. The van der Waals surface area contributed by atoms with Gasteiger partial charge in [-0.25, -0.2) is 0 Å². The lowest BCUT2D eigenvalue weighted by molar-refractivity contribution is -0.147. The number of amides is 1. The van der Waals surface area contributed by atoms with Crippen molar-refractivity contribution in [2.24, 2.45) is 5.92 Å². The van der Waals surface area contributed by atoms with Crippen LogP contribution in [0, 0.1) is 19.8 Å². The van der Waals surface area contributed by atoms with E-state index in [1.54, 1.807) is 11.8 Å². The number of ether oxygens (including phenoxy) is 3. The smallest absolute Gasteiger partial charge is 0.310 e. The summed E-state index contributed by atoms with van der Waals surface area (Å²) in [6.07, 6.45) is 1.94. The summed E-state index contributed by atoms with van der Waals surface area (Å²) < 4.78 is 16.2. The van der Waals surface area contributed by atoms with E-state index in [1.807, 2.05) is 32.0 Å². The van der Waals surface area contributed by atoms with Crippen molar-refractivity contribution in [2.45, 2.75) is 39.7 Å². The molecule has 1 saturated heterocycles. The number of hydrogen-bond donors (Lipinski definition) is 0. The quantitative estimate of drug-likeness (QED) is 0.664. The molecule has 2 atom stereocenters. The second-order valence-electron chi connectivity index (χ2n) is 6.84. The number of benzene rings is 1. The van der Waals surface area contributed by atoms with Crippen LogP contribution in [0.15, 0.2) is 18.2 Å². The van der Waals surface area contributed by atoms with Crippen LogP contribution in [0.4, 0.5) is 0 Å². The number of rotatable bonds is 8. The Balaban J connectivity index is 2.01. The molecule has 1 aromatic rings. The van der Waals surface area contributed by atoms with E-state index in [9.17, 15) is 9.59 Å². The highest BCUT2D eigenvalue weighted by atomic mass is 16.5. The molecule has 0 bridgehead atoms. The van der Waals surface area contributed by atoms with Gasteiger partial charge in [-0.2, -0.15) is 0 Å². The standard InChI is InChI=1S/C20H29NO5/c1-14-7-5-9-18(16(14)3)26-13-19(22)21(11-15(2)20(23)24-4)12-17-8-6-10-25-17/h5,7,9,15,17H,6,8,10-13H2,1-4H3. The predicted octanol–water partition coefficient (Wildman–Crippen LogP) is 2.50. The number of methoxy groups -OCH3 is 1. The molecule has 1 aliphatic rings. The fraction of sp³-hybridized carbons (Fsp3) is 0.600. The van der Waals surface area contributed by atoms with Crippen LogP contribution in [-0.2, 0) is 19.1 Å². The van der Waals surface area contributed by atoms with Crippen LogP contribution in [0.5, 0.6) is 5.75 Å². The van der Waals surface area contributed by atoms with Crippen LogP contribution in [0.1, 0.15) is 30.9 Å². The Morgan fingerprint density at radius 3 is 2.77 bits per heavy atom. The van der Waals surface area contributed by atoms with E-state index in [0.29, 0.717) is 18.8 Å². The van der Waals surface area contributed by atoms with Crippen LogP contribution in [-0.4, -0.2) is 56.3 Å². The fourth-order valence-corrected chi connectivity index (χ4v) is 3.03. The van der Waals surface area contributed by atoms with Gasteiger partial charge in [-0.15, -0.1) is 0 Å². The molecule has 0 spiro atoms. The highest BCUT2D eigenvalue weighted by molar-refractivity contribution is 5.79. The zero-order valence-electron chi connectivity index (χ0n) is 16.1. The minimum absolute atomic E-state index is 0.0181. The third-order valence-electron chi connectivity index (χ3n) is 4.80. The number of hydrogen-bond acceptors (Lipinski definition) is 5. The van der Waals surface area contributed by atoms with E-state index in [2.05, 4.69) is 0 Å². The lowest BCUT2D eigenvalue weighted by atomic mass is 10.1. The molecule has 0 N–H and O–H groups in total. The maximum Gasteiger partial charge on any atom is 0.310 e. The molecule has 2 rings (SSSR count). The summed E-state index contributed by atoms with van der Waals surface area (Å²) in [5, 5.41) is 0. The minimum Gasteiger partial charge on any atom is -0.483 e. The van der Waals surface area contributed by atoms with E-state index < -0.39 is 5.92 Å². The first-order chi connectivity index (χ1) is 12.4. The van der Waals surface area contributed by atoms with Crippen molar-refractivity contribution in [1.82, 2.24) is 4.90 Å². The molecule has 0 radical (unpaired) electrons. The van der Waals surface area contributed by atoms with Crippen molar-refractivity contribution in [2.75, 3.05) is 33.4 Å². The third-order valence-corrected chi connectivity index (χ3v) is 4.80. The molecule has 6 heteroatoms. The zero-order chi connectivity index (χ0) is 19.1. The Kier molecular flexibility index (Phi) is 7.45. The molecule has 1 aromatic carbocycles. The lowest BCUT2D eigenvalue weighted by Gasteiger charge is -2.27. The van der Waals surface area contributed by atoms with Gasteiger partial charge in [0.25, 0.3) is 5.91 Å². The van der Waals surface area contributed by atoms with Crippen LogP contribution in [0.3, 0.4) is 0 Å². The van der Waals surface area contributed by atoms with Gasteiger partial charge in [0.05, 0.1) is 19.1 Å². The monoisotopic (exact) mass is 363 g/mol. The first-order valence-electron chi connectivity index (χ1n) is 9.08. The summed E-state index contributed by atoms with van der Waals surface area (Å²) in [4.78, 5) is 26.1. The van der Waals surface area contributed by atoms with Gasteiger partial charge in [0.1, 0.15) is 5.75 Å². The normalized spacial score (nSPS) is 17.6. The van der Waals surface area contributed by atoms with Crippen LogP contribution in [0.2, 0.25) is 0 Å². The van der Waals surface area contributed by atoms with Crippen LogP contribution >= 0.6 is 0 Å². The zero-order valence-corrected chi connectivity index (χ0v) is 16.1. The molecule has 1 aliphatic heterocycles. The number of esters is 1. The first-order valence-corrected chi connectivity index (χ1v) is 9.08. The number of carbonyl (C=O) groups is 2. The van der Waals surface area contributed by atoms with Gasteiger partial charge in [-0.1, -0.05) is 19.1 Å². The summed E-state index contributed by atoms with van der Waals surface area (Å²) in [7, 11) is 1.36. The highest BCUT2D eigenvalue weighted by Crippen LogP contribution is 2.21. The molecule has 1 amide bonds. The molecule has 0 aliphatic carbocycles. The van der Waals surface area contributed by atoms with Crippen molar-refractivity contribution in [3.63, 3.8) is 0 Å². The molecule has 1 heterocycles. The van der Waals surface area contributed by atoms with Gasteiger partial charge in [0.15, 0.2) is 6.61 Å². The molecular weight excluding hydrogens is 334 g/mol.